The lowest BCUT2D eigenvalue weighted by Crippen LogP contribution is -2.15. The second-order valence-corrected chi connectivity index (χ2v) is 9.40. The van der Waals surface area contributed by atoms with Gasteiger partial charge in [-0.25, -0.2) is 0 Å². The Morgan fingerprint density at radius 3 is 2.00 bits per heavy atom. The van der Waals surface area contributed by atoms with Gasteiger partial charge in [-0.2, -0.15) is 0 Å². The first-order valence-electron chi connectivity index (χ1n) is 11.0. The van der Waals surface area contributed by atoms with Crippen molar-refractivity contribution in [3.63, 3.8) is 0 Å². The van der Waals surface area contributed by atoms with Crippen molar-refractivity contribution in [2.45, 2.75) is 19.3 Å². The fourth-order valence-corrected chi connectivity index (χ4v) is 5.93. The molecule has 0 saturated heterocycles. The van der Waals surface area contributed by atoms with E-state index in [4.69, 9.17) is 0 Å². The summed E-state index contributed by atoms with van der Waals surface area (Å²) in [5.74, 6) is 0. The van der Waals surface area contributed by atoms with Gasteiger partial charge in [0.25, 0.3) is 0 Å². The molecule has 146 valence electrons. The van der Waals surface area contributed by atoms with E-state index in [0.29, 0.717) is 0 Å². The molecule has 0 bridgehead atoms. The van der Waals surface area contributed by atoms with Crippen molar-refractivity contribution in [1.82, 2.24) is 0 Å². The molecular weight excluding hydrogens is 372 g/mol. The van der Waals surface area contributed by atoms with Crippen LogP contribution in [0.2, 0.25) is 0 Å². The lowest BCUT2D eigenvalue weighted by molar-refractivity contribution is 0.667. The van der Waals surface area contributed by atoms with E-state index in [1.54, 1.807) is 0 Å². The van der Waals surface area contributed by atoms with E-state index in [1.807, 2.05) is 0 Å². The fourth-order valence-electron chi connectivity index (χ4n) is 5.93. The van der Waals surface area contributed by atoms with Gasteiger partial charge in [-0.3, -0.25) is 0 Å². The van der Waals surface area contributed by atoms with E-state index in [2.05, 4.69) is 111 Å². The molecule has 0 heteroatoms. The number of hydrogen-bond acceptors (Lipinski definition) is 0. The van der Waals surface area contributed by atoms with Crippen molar-refractivity contribution in [2.24, 2.45) is 0 Å². The molecule has 0 atom stereocenters. The molecule has 7 rings (SSSR count). The van der Waals surface area contributed by atoms with Crippen LogP contribution in [0.1, 0.15) is 25.0 Å². The molecule has 31 heavy (non-hydrogen) atoms. The molecular formula is C31H22. The molecule has 0 nitrogen and oxygen atoms in total. The van der Waals surface area contributed by atoms with Crippen LogP contribution in [0, 0.1) is 0 Å². The minimum Gasteiger partial charge on any atom is -0.0616 e. The molecule has 0 spiro atoms. The Labute approximate surface area is 181 Å². The van der Waals surface area contributed by atoms with Crippen LogP contribution < -0.4 is 0 Å². The van der Waals surface area contributed by atoms with Crippen LogP contribution in [0.25, 0.3) is 54.2 Å². The van der Waals surface area contributed by atoms with E-state index >= 15 is 0 Å². The number of fused-ring (bicyclic) bond motifs is 10. The number of benzene rings is 6. The monoisotopic (exact) mass is 394 g/mol. The summed E-state index contributed by atoms with van der Waals surface area (Å²) in [6.45, 7) is 4.78. The Hall–Kier alpha value is -3.64. The zero-order valence-corrected chi connectivity index (χ0v) is 17.7. The summed E-state index contributed by atoms with van der Waals surface area (Å²) in [7, 11) is 0. The van der Waals surface area contributed by atoms with Crippen LogP contribution >= 0.6 is 0 Å². The van der Waals surface area contributed by atoms with Crippen LogP contribution in [0.3, 0.4) is 0 Å². The molecule has 1 aliphatic carbocycles. The third kappa shape index (κ3) is 2.15. The van der Waals surface area contributed by atoms with Crippen molar-refractivity contribution >= 4 is 43.1 Å². The van der Waals surface area contributed by atoms with Gasteiger partial charge in [0.2, 0.25) is 0 Å². The van der Waals surface area contributed by atoms with Crippen LogP contribution in [0.5, 0.6) is 0 Å². The number of rotatable bonds is 0. The zero-order valence-electron chi connectivity index (χ0n) is 17.7. The predicted molar refractivity (Wildman–Crippen MR) is 134 cm³/mol. The molecule has 6 aromatic rings. The average molecular weight is 395 g/mol. The normalized spacial score (nSPS) is 14.4. The minimum atomic E-state index is -0.0352. The summed E-state index contributed by atoms with van der Waals surface area (Å²) in [6, 6.07) is 36.1. The summed E-state index contributed by atoms with van der Waals surface area (Å²) in [5, 5.41) is 10.7. The Morgan fingerprint density at radius 1 is 0.484 bits per heavy atom. The second-order valence-electron chi connectivity index (χ2n) is 9.40. The zero-order chi connectivity index (χ0) is 20.7. The topological polar surface area (TPSA) is 0 Å². The molecule has 0 heterocycles. The quantitative estimate of drug-likeness (QED) is 0.179. The predicted octanol–water partition coefficient (Wildman–Crippen LogP) is 8.61. The van der Waals surface area contributed by atoms with Crippen LogP contribution in [0.15, 0.2) is 97.1 Å². The minimum absolute atomic E-state index is 0.0352. The highest BCUT2D eigenvalue weighted by Crippen LogP contribution is 2.54. The molecule has 0 amide bonds. The van der Waals surface area contributed by atoms with Gasteiger partial charge < -0.3 is 0 Å². The Bertz CT molecular complexity index is 1700. The van der Waals surface area contributed by atoms with Gasteiger partial charge in [0.1, 0.15) is 0 Å². The van der Waals surface area contributed by atoms with Gasteiger partial charge >= 0.3 is 0 Å². The lowest BCUT2D eigenvalue weighted by Gasteiger charge is -2.23. The first-order chi connectivity index (χ1) is 15.1. The van der Waals surface area contributed by atoms with Gasteiger partial charge in [-0.05, 0) is 77.5 Å². The van der Waals surface area contributed by atoms with Gasteiger partial charge in [-0.1, -0.05) is 98.8 Å². The molecule has 0 N–H and O–H groups in total. The van der Waals surface area contributed by atoms with Crippen LogP contribution in [-0.4, -0.2) is 0 Å². The van der Waals surface area contributed by atoms with Crippen LogP contribution in [-0.2, 0) is 5.41 Å². The summed E-state index contributed by atoms with van der Waals surface area (Å²) in [6.07, 6.45) is 0. The molecule has 0 aromatic heterocycles. The smallest absolute Gasteiger partial charge is 0.0165 e. The van der Waals surface area contributed by atoms with E-state index < -0.39 is 0 Å². The summed E-state index contributed by atoms with van der Waals surface area (Å²) < 4.78 is 0. The molecule has 0 unspecified atom stereocenters. The summed E-state index contributed by atoms with van der Waals surface area (Å²) in [5.41, 5.74) is 5.67. The highest BCUT2D eigenvalue weighted by molar-refractivity contribution is 6.14. The van der Waals surface area contributed by atoms with E-state index in [0.717, 1.165) is 0 Å². The van der Waals surface area contributed by atoms with E-state index in [-0.39, 0.29) is 5.41 Å². The van der Waals surface area contributed by atoms with Crippen molar-refractivity contribution < 1.29 is 0 Å². The average Bonchev–Trinajstić information content (AvgIpc) is 3.04. The second kappa shape index (κ2) is 5.74. The maximum Gasteiger partial charge on any atom is 0.0165 e. The molecule has 0 saturated carbocycles. The summed E-state index contributed by atoms with van der Waals surface area (Å²) in [4.78, 5) is 0. The Balaban J connectivity index is 1.64. The van der Waals surface area contributed by atoms with Crippen LogP contribution in [0.4, 0.5) is 0 Å². The van der Waals surface area contributed by atoms with Gasteiger partial charge in [0.15, 0.2) is 0 Å². The molecule has 0 fully saturated rings. The summed E-state index contributed by atoms with van der Waals surface area (Å²) >= 11 is 0. The molecule has 0 radical (unpaired) electrons. The van der Waals surface area contributed by atoms with Gasteiger partial charge in [0, 0.05) is 5.41 Å². The SMILES string of the molecule is CC1(C)c2ccc3cc4ccccc4cc3c2-c2ccc3c(ccc4ccccc43)c21. The van der Waals surface area contributed by atoms with E-state index in [1.165, 1.54) is 65.3 Å². The maximum absolute atomic E-state index is 2.39. The largest absolute Gasteiger partial charge is 0.0616 e. The highest BCUT2D eigenvalue weighted by Gasteiger charge is 2.37. The highest BCUT2D eigenvalue weighted by atomic mass is 14.4. The lowest BCUT2D eigenvalue weighted by atomic mass is 9.79. The van der Waals surface area contributed by atoms with Crippen molar-refractivity contribution in [3.8, 4) is 11.1 Å². The Kier molecular flexibility index (Phi) is 3.16. The number of hydrogen-bond donors (Lipinski definition) is 0. The third-order valence-corrected chi connectivity index (χ3v) is 7.38. The van der Waals surface area contributed by atoms with Gasteiger partial charge in [-0.15, -0.1) is 0 Å². The van der Waals surface area contributed by atoms with E-state index in [9.17, 15) is 0 Å². The standard InChI is InChI=1S/C31H22/c1-31(2)28-16-12-22-17-20-8-3-4-9-21(20)18-27(22)29(28)26-15-14-24-23-10-6-5-7-19(23)11-13-25(24)30(26)31/h3-18H,1-2H3. The molecule has 0 aliphatic heterocycles. The Morgan fingerprint density at radius 2 is 1.16 bits per heavy atom. The maximum atomic E-state index is 2.39. The molecule has 1 aliphatic rings. The van der Waals surface area contributed by atoms with Crippen molar-refractivity contribution in [2.75, 3.05) is 0 Å². The van der Waals surface area contributed by atoms with Crippen molar-refractivity contribution in [1.29, 1.82) is 0 Å². The fraction of sp³-hybridized carbons (Fsp3) is 0.0968. The third-order valence-electron chi connectivity index (χ3n) is 7.38. The first-order valence-corrected chi connectivity index (χ1v) is 11.0. The van der Waals surface area contributed by atoms with Gasteiger partial charge in [0.05, 0.1) is 0 Å². The molecule has 6 aromatic carbocycles. The van der Waals surface area contributed by atoms with Crippen molar-refractivity contribution in [3.05, 3.63) is 108 Å². The first kappa shape index (κ1) is 17.1.